The molecule has 0 aromatic heterocycles. The van der Waals surface area contributed by atoms with E-state index in [1.54, 1.807) is 12.3 Å². The Hall–Kier alpha value is -3.53. The molecular weight excluding hydrogens is 338 g/mol. The average Bonchev–Trinajstić information content (AvgIpc) is 2.69. The Bertz CT molecular complexity index is 843. The van der Waals surface area contributed by atoms with Crippen LogP contribution in [-0.4, -0.2) is 44.1 Å². The molecule has 0 saturated carbocycles. The predicted molar refractivity (Wildman–Crippen MR) is 92.0 cm³/mol. The smallest absolute Gasteiger partial charge is 0.384 e. The van der Waals surface area contributed by atoms with Gasteiger partial charge in [-0.25, -0.2) is 14.4 Å². The molecule has 0 bridgehead atoms. The fraction of sp³-hybridized carbons (Fsp3) is 0.211. The zero-order valence-electron chi connectivity index (χ0n) is 14.5. The highest BCUT2D eigenvalue weighted by atomic mass is 16.5. The average molecular weight is 355 g/mol. The lowest BCUT2D eigenvalue weighted by Crippen LogP contribution is -2.30. The van der Waals surface area contributed by atoms with Crippen molar-refractivity contribution in [3.63, 3.8) is 0 Å². The van der Waals surface area contributed by atoms with Crippen LogP contribution in [0.25, 0.3) is 6.08 Å². The summed E-state index contributed by atoms with van der Waals surface area (Å²) in [6, 6.07) is 6.65. The first-order valence-electron chi connectivity index (χ1n) is 7.54. The van der Waals surface area contributed by atoms with Crippen molar-refractivity contribution in [3.8, 4) is 11.8 Å². The third-order valence-corrected chi connectivity index (χ3v) is 3.61. The molecule has 0 aliphatic carbocycles. The van der Waals surface area contributed by atoms with Gasteiger partial charge in [0.2, 0.25) is 0 Å². The number of ether oxygens (including phenoxy) is 3. The van der Waals surface area contributed by atoms with Crippen molar-refractivity contribution in [2.45, 2.75) is 6.04 Å². The Labute approximate surface area is 150 Å². The topological polar surface area (TPSA) is 82.1 Å². The first-order valence-corrected chi connectivity index (χ1v) is 7.54. The Morgan fingerprint density at radius 2 is 1.81 bits per heavy atom. The van der Waals surface area contributed by atoms with Crippen molar-refractivity contribution in [2.75, 3.05) is 21.3 Å². The van der Waals surface area contributed by atoms with Gasteiger partial charge in [-0.1, -0.05) is 30.2 Å². The van der Waals surface area contributed by atoms with E-state index in [-0.39, 0.29) is 5.70 Å². The number of hydrogen-bond donors (Lipinski definition) is 0. The maximum absolute atomic E-state index is 12.2. The van der Waals surface area contributed by atoms with Crippen molar-refractivity contribution in [3.05, 3.63) is 53.4 Å². The predicted octanol–water partition coefficient (Wildman–Crippen LogP) is 1.42. The van der Waals surface area contributed by atoms with Crippen molar-refractivity contribution in [1.82, 2.24) is 4.90 Å². The van der Waals surface area contributed by atoms with Crippen LogP contribution in [0.15, 0.2) is 42.2 Å². The molecule has 1 atom stereocenters. The monoisotopic (exact) mass is 355 g/mol. The SMILES string of the molecule is COC(=O)C#CC1c2ccccc2C=CN1/C(=C/C(=O)OC)C(=O)OC. The summed E-state index contributed by atoms with van der Waals surface area (Å²) < 4.78 is 13.9. The number of esters is 3. The van der Waals surface area contributed by atoms with E-state index in [0.717, 1.165) is 17.2 Å². The lowest BCUT2D eigenvalue weighted by molar-refractivity contribution is -0.139. The van der Waals surface area contributed by atoms with Crippen LogP contribution in [0.3, 0.4) is 0 Å². The molecule has 0 saturated heterocycles. The number of fused-ring (bicyclic) bond motifs is 1. The van der Waals surface area contributed by atoms with E-state index in [2.05, 4.69) is 21.3 Å². The highest BCUT2D eigenvalue weighted by molar-refractivity contribution is 5.96. The number of hydrogen-bond acceptors (Lipinski definition) is 7. The first kappa shape index (κ1) is 18.8. The van der Waals surface area contributed by atoms with Crippen molar-refractivity contribution in [2.24, 2.45) is 0 Å². The maximum Gasteiger partial charge on any atom is 0.384 e. The third-order valence-electron chi connectivity index (χ3n) is 3.61. The van der Waals surface area contributed by atoms with Crippen LogP contribution in [0.4, 0.5) is 0 Å². The van der Waals surface area contributed by atoms with E-state index >= 15 is 0 Å². The summed E-state index contributed by atoms with van der Waals surface area (Å²) in [5.41, 5.74) is 1.55. The molecule has 26 heavy (non-hydrogen) atoms. The molecule has 1 aliphatic rings. The summed E-state index contributed by atoms with van der Waals surface area (Å²) in [5.74, 6) is 2.96. The van der Waals surface area contributed by atoms with E-state index < -0.39 is 23.9 Å². The van der Waals surface area contributed by atoms with Gasteiger partial charge in [0, 0.05) is 12.1 Å². The minimum absolute atomic E-state index is 0.0748. The largest absolute Gasteiger partial charge is 0.466 e. The third kappa shape index (κ3) is 4.11. The summed E-state index contributed by atoms with van der Waals surface area (Å²) in [6.45, 7) is 0. The second-order valence-electron chi connectivity index (χ2n) is 5.06. The number of carbonyl (C=O) groups excluding carboxylic acids is 3. The summed E-state index contributed by atoms with van der Waals surface area (Å²) in [6.07, 6.45) is 4.36. The normalized spacial score (nSPS) is 15.3. The lowest BCUT2D eigenvalue weighted by atomic mass is 9.96. The maximum atomic E-state index is 12.2. The molecular formula is C19H17NO6. The molecule has 1 unspecified atom stereocenters. The minimum atomic E-state index is -0.746. The van der Waals surface area contributed by atoms with Gasteiger partial charge in [0.15, 0.2) is 0 Å². The van der Waals surface area contributed by atoms with E-state index in [1.165, 1.54) is 26.2 Å². The zero-order chi connectivity index (χ0) is 19.1. The lowest BCUT2D eigenvalue weighted by Gasteiger charge is -2.32. The van der Waals surface area contributed by atoms with Gasteiger partial charge in [-0.05, 0) is 17.2 Å². The van der Waals surface area contributed by atoms with Crippen LogP contribution in [-0.2, 0) is 28.6 Å². The fourth-order valence-corrected chi connectivity index (χ4v) is 2.37. The molecule has 0 radical (unpaired) electrons. The second-order valence-corrected chi connectivity index (χ2v) is 5.06. The molecule has 0 spiro atoms. The second kappa shape index (κ2) is 8.53. The Kier molecular flexibility index (Phi) is 6.17. The van der Waals surface area contributed by atoms with Crippen molar-refractivity contribution in [1.29, 1.82) is 0 Å². The number of methoxy groups -OCH3 is 3. The van der Waals surface area contributed by atoms with Gasteiger partial charge in [0.1, 0.15) is 11.7 Å². The van der Waals surface area contributed by atoms with E-state index in [1.807, 2.05) is 24.3 Å². The number of rotatable bonds is 3. The Morgan fingerprint density at radius 1 is 1.08 bits per heavy atom. The molecule has 1 aromatic carbocycles. The first-order chi connectivity index (χ1) is 12.5. The molecule has 2 rings (SSSR count). The molecule has 1 aromatic rings. The standard InChI is InChI=1S/C19H17NO6/c1-24-17(21)9-8-15-14-7-5-4-6-13(14)10-11-20(15)16(19(23)26-3)12-18(22)25-2/h4-7,10-12,15H,1-3H3/b16-12+. The summed E-state index contributed by atoms with van der Waals surface area (Å²) >= 11 is 0. The number of benzene rings is 1. The summed E-state index contributed by atoms with van der Waals surface area (Å²) in [5, 5.41) is 0. The molecule has 1 aliphatic heterocycles. The highest BCUT2D eigenvalue weighted by Gasteiger charge is 2.29. The van der Waals surface area contributed by atoms with Gasteiger partial charge >= 0.3 is 17.9 Å². The van der Waals surface area contributed by atoms with Crippen LogP contribution in [0.2, 0.25) is 0 Å². The van der Waals surface area contributed by atoms with Crippen LogP contribution < -0.4 is 0 Å². The quantitative estimate of drug-likeness (QED) is 0.267. The number of carbonyl (C=O) groups is 3. The minimum Gasteiger partial charge on any atom is -0.466 e. The van der Waals surface area contributed by atoms with E-state index in [0.29, 0.717) is 0 Å². The van der Waals surface area contributed by atoms with E-state index in [4.69, 9.17) is 4.74 Å². The highest BCUT2D eigenvalue weighted by Crippen LogP contribution is 2.33. The molecule has 7 nitrogen and oxygen atoms in total. The summed E-state index contributed by atoms with van der Waals surface area (Å²) in [4.78, 5) is 36.8. The van der Waals surface area contributed by atoms with Crippen LogP contribution in [0.5, 0.6) is 0 Å². The zero-order valence-corrected chi connectivity index (χ0v) is 14.5. The van der Waals surface area contributed by atoms with Gasteiger partial charge in [0.05, 0.1) is 27.4 Å². The van der Waals surface area contributed by atoms with Crippen LogP contribution in [0.1, 0.15) is 17.2 Å². The molecule has 0 N–H and O–H groups in total. The molecule has 1 heterocycles. The van der Waals surface area contributed by atoms with Gasteiger partial charge in [-0.2, -0.15) is 0 Å². The van der Waals surface area contributed by atoms with Crippen molar-refractivity contribution >= 4 is 24.0 Å². The molecule has 134 valence electrons. The number of nitrogens with zero attached hydrogens (tertiary/aromatic N) is 1. The Morgan fingerprint density at radius 3 is 2.46 bits per heavy atom. The van der Waals surface area contributed by atoms with Gasteiger partial charge < -0.3 is 19.1 Å². The van der Waals surface area contributed by atoms with Crippen LogP contribution >= 0.6 is 0 Å². The van der Waals surface area contributed by atoms with Crippen LogP contribution in [0, 0.1) is 11.8 Å². The summed E-state index contributed by atoms with van der Waals surface area (Å²) in [7, 11) is 3.62. The molecule has 0 fully saturated rings. The molecule has 7 heteroatoms. The van der Waals surface area contributed by atoms with Crippen molar-refractivity contribution < 1.29 is 28.6 Å². The Balaban J connectivity index is 2.57. The van der Waals surface area contributed by atoms with Gasteiger partial charge in [0.25, 0.3) is 0 Å². The van der Waals surface area contributed by atoms with Gasteiger partial charge in [-0.15, -0.1) is 0 Å². The van der Waals surface area contributed by atoms with E-state index in [9.17, 15) is 14.4 Å². The van der Waals surface area contributed by atoms with Gasteiger partial charge in [-0.3, -0.25) is 0 Å². The fourth-order valence-electron chi connectivity index (χ4n) is 2.37. The molecule has 0 amide bonds.